The number of rotatable bonds is 4. The highest BCUT2D eigenvalue weighted by molar-refractivity contribution is 5.82. The smallest absolute Gasteiger partial charge is 0.326 e. The van der Waals surface area contributed by atoms with E-state index in [2.05, 4.69) is 10.6 Å². The first-order valence-corrected chi connectivity index (χ1v) is 5.30. The van der Waals surface area contributed by atoms with Crippen LogP contribution in [0.2, 0.25) is 0 Å². The van der Waals surface area contributed by atoms with Crippen LogP contribution < -0.4 is 10.6 Å². The molecule has 0 heterocycles. The molecule has 0 aromatic heterocycles. The molecule has 1 aliphatic rings. The van der Waals surface area contributed by atoms with Gasteiger partial charge in [0.1, 0.15) is 6.04 Å². The van der Waals surface area contributed by atoms with Crippen LogP contribution >= 0.6 is 0 Å². The van der Waals surface area contributed by atoms with Gasteiger partial charge in [0.05, 0.1) is 0 Å². The highest BCUT2D eigenvalue weighted by atomic mass is 16.4. The second-order valence-electron chi connectivity index (χ2n) is 4.31. The van der Waals surface area contributed by atoms with Gasteiger partial charge in [-0.05, 0) is 25.2 Å². The van der Waals surface area contributed by atoms with Crippen molar-refractivity contribution in [1.29, 1.82) is 0 Å². The van der Waals surface area contributed by atoms with Crippen molar-refractivity contribution in [3.8, 4) is 0 Å². The molecule has 5 heteroatoms. The number of amides is 2. The van der Waals surface area contributed by atoms with E-state index in [4.69, 9.17) is 5.11 Å². The lowest BCUT2D eigenvalue weighted by Gasteiger charge is -2.27. The lowest BCUT2D eigenvalue weighted by atomic mass is 9.93. The largest absolute Gasteiger partial charge is 0.480 e. The first-order valence-electron chi connectivity index (χ1n) is 5.30. The minimum absolute atomic E-state index is 0.116. The summed E-state index contributed by atoms with van der Waals surface area (Å²) in [4.78, 5) is 22.2. The summed E-state index contributed by atoms with van der Waals surface area (Å²) in [5.74, 6) is -1.11. The molecule has 86 valence electrons. The summed E-state index contributed by atoms with van der Waals surface area (Å²) in [7, 11) is 0. The van der Waals surface area contributed by atoms with Crippen LogP contribution in [0.1, 0.15) is 33.1 Å². The van der Waals surface area contributed by atoms with Gasteiger partial charge in [-0.1, -0.05) is 13.8 Å². The SMILES string of the molecule is CC(C)C(NC(=O)NC1CCC1)C(=O)O. The molecule has 2 amide bonds. The number of nitrogens with one attached hydrogen (secondary N) is 2. The molecule has 0 spiro atoms. The first-order chi connectivity index (χ1) is 7.00. The number of hydrogen-bond donors (Lipinski definition) is 3. The third kappa shape index (κ3) is 3.42. The number of carboxylic acids is 1. The zero-order valence-corrected chi connectivity index (χ0v) is 9.12. The number of carbonyl (C=O) groups excluding carboxylic acids is 1. The third-order valence-corrected chi connectivity index (χ3v) is 2.66. The van der Waals surface area contributed by atoms with Gasteiger partial charge < -0.3 is 15.7 Å². The minimum Gasteiger partial charge on any atom is -0.480 e. The molecule has 1 saturated carbocycles. The molecule has 1 atom stereocenters. The highest BCUT2D eigenvalue weighted by Crippen LogP contribution is 2.17. The predicted molar refractivity (Wildman–Crippen MR) is 55.6 cm³/mol. The Morgan fingerprint density at radius 2 is 1.93 bits per heavy atom. The van der Waals surface area contributed by atoms with Gasteiger partial charge in [-0.25, -0.2) is 9.59 Å². The Morgan fingerprint density at radius 1 is 1.33 bits per heavy atom. The van der Waals surface area contributed by atoms with Gasteiger partial charge in [0.2, 0.25) is 0 Å². The minimum atomic E-state index is -0.992. The predicted octanol–water partition coefficient (Wildman–Crippen LogP) is 0.947. The maximum Gasteiger partial charge on any atom is 0.326 e. The fourth-order valence-electron chi connectivity index (χ4n) is 1.43. The number of urea groups is 1. The average Bonchev–Trinajstić information content (AvgIpc) is 2.06. The molecule has 1 aliphatic carbocycles. The van der Waals surface area contributed by atoms with Gasteiger partial charge in [0.15, 0.2) is 0 Å². The topological polar surface area (TPSA) is 78.4 Å². The maximum atomic E-state index is 11.4. The van der Waals surface area contributed by atoms with E-state index in [1.165, 1.54) is 0 Å². The molecule has 15 heavy (non-hydrogen) atoms. The van der Waals surface area contributed by atoms with Crippen LogP contribution in [0.5, 0.6) is 0 Å². The quantitative estimate of drug-likeness (QED) is 0.652. The molecule has 0 aliphatic heterocycles. The molecule has 1 fully saturated rings. The molecule has 1 unspecified atom stereocenters. The summed E-state index contributed by atoms with van der Waals surface area (Å²) in [5, 5.41) is 14.1. The van der Waals surface area contributed by atoms with E-state index < -0.39 is 12.0 Å². The third-order valence-electron chi connectivity index (χ3n) is 2.66. The summed E-state index contributed by atoms with van der Waals surface area (Å²) in [6.07, 6.45) is 3.12. The van der Waals surface area contributed by atoms with Gasteiger partial charge in [-0.15, -0.1) is 0 Å². The lowest BCUT2D eigenvalue weighted by molar-refractivity contribution is -0.140. The molecule has 1 rings (SSSR count). The number of hydrogen-bond acceptors (Lipinski definition) is 2. The zero-order valence-electron chi connectivity index (χ0n) is 9.12. The van der Waals surface area contributed by atoms with Crippen molar-refractivity contribution in [2.45, 2.75) is 45.2 Å². The fraction of sp³-hybridized carbons (Fsp3) is 0.800. The van der Waals surface area contributed by atoms with Gasteiger partial charge >= 0.3 is 12.0 Å². The number of carbonyl (C=O) groups is 2. The van der Waals surface area contributed by atoms with Crippen molar-refractivity contribution >= 4 is 12.0 Å². The van der Waals surface area contributed by atoms with Crippen molar-refractivity contribution in [2.24, 2.45) is 5.92 Å². The van der Waals surface area contributed by atoms with Crippen molar-refractivity contribution in [1.82, 2.24) is 10.6 Å². The van der Waals surface area contributed by atoms with E-state index in [0.29, 0.717) is 0 Å². The number of aliphatic carboxylic acids is 1. The van der Waals surface area contributed by atoms with Crippen molar-refractivity contribution in [3.63, 3.8) is 0 Å². The molecule has 0 saturated heterocycles. The summed E-state index contributed by atoms with van der Waals surface area (Å²) >= 11 is 0. The lowest BCUT2D eigenvalue weighted by Crippen LogP contribution is -2.52. The first kappa shape index (κ1) is 11.8. The van der Waals surface area contributed by atoms with E-state index >= 15 is 0 Å². The second kappa shape index (κ2) is 5.00. The Labute approximate surface area is 89.2 Å². The van der Waals surface area contributed by atoms with Crippen molar-refractivity contribution in [3.05, 3.63) is 0 Å². The van der Waals surface area contributed by atoms with Crippen molar-refractivity contribution in [2.75, 3.05) is 0 Å². The Balaban J connectivity index is 2.36. The number of carboxylic acid groups (broad SMARTS) is 1. The molecule has 0 aromatic carbocycles. The van der Waals surface area contributed by atoms with Gasteiger partial charge in [-0.3, -0.25) is 0 Å². The molecule has 0 bridgehead atoms. The van der Waals surface area contributed by atoms with E-state index in [1.54, 1.807) is 13.8 Å². The summed E-state index contributed by atoms with van der Waals surface area (Å²) in [6.45, 7) is 3.53. The molecule has 5 nitrogen and oxygen atoms in total. The molecular weight excluding hydrogens is 196 g/mol. The highest BCUT2D eigenvalue weighted by Gasteiger charge is 2.25. The summed E-state index contributed by atoms with van der Waals surface area (Å²) in [5.41, 5.74) is 0. The van der Waals surface area contributed by atoms with Gasteiger partial charge in [0, 0.05) is 6.04 Å². The van der Waals surface area contributed by atoms with E-state index in [0.717, 1.165) is 19.3 Å². The molecular formula is C10H18N2O3. The normalized spacial score (nSPS) is 18.1. The monoisotopic (exact) mass is 214 g/mol. The average molecular weight is 214 g/mol. The van der Waals surface area contributed by atoms with E-state index in [-0.39, 0.29) is 18.0 Å². The van der Waals surface area contributed by atoms with E-state index in [1.807, 2.05) is 0 Å². The Hall–Kier alpha value is -1.26. The summed E-state index contributed by atoms with van der Waals surface area (Å²) in [6, 6.07) is -0.961. The Kier molecular flexibility index (Phi) is 3.94. The van der Waals surface area contributed by atoms with Crippen LogP contribution in [0.25, 0.3) is 0 Å². The van der Waals surface area contributed by atoms with Gasteiger partial charge in [-0.2, -0.15) is 0 Å². The van der Waals surface area contributed by atoms with Crippen molar-refractivity contribution < 1.29 is 14.7 Å². The van der Waals surface area contributed by atoms with E-state index in [9.17, 15) is 9.59 Å². The Morgan fingerprint density at radius 3 is 2.27 bits per heavy atom. The molecule has 3 N–H and O–H groups in total. The van der Waals surface area contributed by atoms with Crippen LogP contribution in [-0.4, -0.2) is 29.2 Å². The van der Waals surface area contributed by atoms with Crippen LogP contribution in [0.4, 0.5) is 4.79 Å². The summed E-state index contributed by atoms with van der Waals surface area (Å²) < 4.78 is 0. The Bertz CT molecular complexity index is 249. The zero-order chi connectivity index (χ0) is 11.4. The van der Waals surface area contributed by atoms with Crippen LogP contribution in [0, 0.1) is 5.92 Å². The molecule has 0 radical (unpaired) electrons. The maximum absolute atomic E-state index is 11.4. The molecule has 0 aromatic rings. The fourth-order valence-corrected chi connectivity index (χ4v) is 1.43. The van der Waals surface area contributed by atoms with Crippen LogP contribution in [-0.2, 0) is 4.79 Å². The van der Waals surface area contributed by atoms with Crippen LogP contribution in [0.3, 0.4) is 0 Å². The van der Waals surface area contributed by atoms with Crippen LogP contribution in [0.15, 0.2) is 0 Å². The standard InChI is InChI=1S/C10H18N2O3/c1-6(2)8(9(13)14)12-10(15)11-7-4-3-5-7/h6-8H,3-5H2,1-2H3,(H,13,14)(H2,11,12,15). The second-order valence-corrected chi connectivity index (χ2v) is 4.31. The van der Waals surface area contributed by atoms with Gasteiger partial charge in [0.25, 0.3) is 0 Å².